The summed E-state index contributed by atoms with van der Waals surface area (Å²) in [7, 11) is 0. The van der Waals surface area contributed by atoms with E-state index in [9.17, 15) is 98.7 Å². The second-order valence-corrected chi connectivity index (χ2v) is 14.7. The zero-order valence-corrected chi connectivity index (χ0v) is 36.8. The average Bonchev–Trinajstić information content (AvgIpc) is 3.18. The van der Waals surface area contributed by atoms with Gasteiger partial charge in [0, 0.05) is 6.61 Å². The van der Waals surface area contributed by atoms with Crippen molar-refractivity contribution in [3.63, 3.8) is 0 Å². The first-order valence-electron chi connectivity index (χ1n) is 19.2. The van der Waals surface area contributed by atoms with Gasteiger partial charge in [-0.3, -0.25) is 54.8 Å². The number of nitro groups is 4. The summed E-state index contributed by atoms with van der Waals surface area (Å²) in [6.07, 6.45) is -1.31. The van der Waals surface area contributed by atoms with Crippen molar-refractivity contribution in [1.29, 1.82) is 0 Å². The molecular weight excluding hydrogens is 1000 g/mol. The minimum atomic E-state index is -1.38. The molecule has 0 aliphatic heterocycles. The van der Waals surface area contributed by atoms with Gasteiger partial charge < -0.3 is 25.8 Å². The fourth-order valence-corrected chi connectivity index (χ4v) is 5.15. The van der Waals surface area contributed by atoms with Crippen LogP contribution in [0.5, 0.6) is 0 Å². The molecule has 388 valence electrons. The zero-order valence-electron chi connectivity index (χ0n) is 36.8. The normalized spacial score (nSPS) is 10.3. The van der Waals surface area contributed by atoms with Gasteiger partial charge in [0.2, 0.25) is 46.5 Å². The summed E-state index contributed by atoms with van der Waals surface area (Å²) in [6, 6.07) is 9.02. The second-order valence-electron chi connectivity index (χ2n) is 14.7. The van der Waals surface area contributed by atoms with E-state index in [1.165, 1.54) is 0 Å². The Morgan fingerprint density at radius 1 is 0.500 bits per heavy atom. The largest absolute Gasteiger partial charge is 0.481 e. The van der Waals surface area contributed by atoms with Crippen LogP contribution in [-0.2, 0) is 44.8 Å². The third-order valence-electron chi connectivity index (χ3n) is 7.92. The number of hydrogen-bond donors (Lipinski definition) is 4. The van der Waals surface area contributed by atoms with Crippen molar-refractivity contribution in [1.82, 2.24) is 0 Å². The summed E-state index contributed by atoms with van der Waals surface area (Å²) >= 11 is 0. The molecule has 0 aliphatic carbocycles. The van der Waals surface area contributed by atoms with Crippen LogP contribution in [0.25, 0.3) is 0 Å². The number of hydrogen-bond acceptors (Lipinski definition) is 14. The Morgan fingerprint density at radius 3 is 1.01 bits per heavy atom. The molecule has 0 radical (unpaired) electrons. The highest BCUT2D eigenvalue weighted by Gasteiger charge is 2.26. The molecule has 5 aromatic rings. The van der Waals surface area contributed by atoms with Crippen molar-refractivity contribution in [3.05, 3.63) is 188 Å². The van der Waals surface area contributed by atoms with E-state index in [2.05, 4.69) is 0 Å². The summed E-state index contributed by atoms with van der Waals surface area (Å²) in [6.45, 7) is 4.70. The second kappa shape index (κ2) is 27.4. The first-order valence-corrected chi connectivity index (χ1v) is 19.2. The smallest absolute Gasteiger partial charge is 0.340 e. The molecule has 0 saturated carbocycles. The van der Waals surface area contributed by atoms with Gasteiger partial charge in [0.15, 0.2) is 0 Å². The van der Waals surface area contributed by atoms with Gasteiger partial charge in [-0.25, -0.2) is 8.78 Å². The number of para-hydroxylation sites is 1. The summed E-state index contributed by atoms with van der Waals surface area (Å²) in [5.41, 5.74) is -1.03. The quantitative estimate of drug-likeness (QED) is 0.0298. The summed E-state index contributed by atoms with van der Waals surface area (Å²) in [5.74, 6) is -15.1. The van der Waals surface area contributed by atoms with Crippen LogP contribution >= 0.6 is 0 Å². The van der Waals surface area contributed by atoms with Gasteiger partial charge in [0.1, 0.15) is 22.9 Å². The Hall–Kier alpha value is -8.83. The van der Waals surface area contributed by atoms with E-state index in [1.807, 2.05) is 0 Å². The first-order chi connectivity index (χ1) is 33.2. The molecule has 0 aliphatic rings. The number of carboxylic acids is 2. The molecule has 5 rings (SSSR count). The molecule has 30 heteroatoms. The van der Waals surface area contributed by atoms with Crippen molar-refractivity contribution in [3.8, 4) is 0 Å². The standard InChI is InChI=1S/C12H13F2NO4.C8H5F2NO4.C8H7F2NO3.C8H7F2NO2.C6H3F2NO2/c1-12(2,3)19-10(16)6-7-4-8(13)11(15(17)18)9(14)5-7;9-5-1-4(3-7(12)13)2-6(10)8(5)11(14)15;9-6-3-5(1-2-12)4-7(10)8(6)11(13)14;9-5-1-4(3-7(12)13)2-6(10)8(5)11;7-4-2-1-3-5(8)6(4)9(10)11/h4-5H,6H2,1-3H3;1-2H,3H2,(H,12,13);3-4,12H,1-2H2;1-2H,3,11H2,(H,12,13);1-3H. The molecule has 5 aromatic carbocycles. The number of benzene rings is 5. The number of halogens is 10. The third kappa shape index (κ3) is 20.0. The van der Waals surface area contributed by atoms with Crippen LogP contribution in [-0.4, -0.2) is 65.1 Å². The predicted molar refractivity (Wildman–Crippen MR) is 226 cm³/mol. The number of carbonyl (C=O) groups is 3. The van der Waals surface area contributed by atoms with E-state index in [0.717, 1.165) is 54.6 Å². The van der Waals surface area contributed by atoms with Crippen molar-refractivity contribution >= 4 is 46.3 Å². The molecule has 20 nitrogen and oxygen atoms in total. The van der Waals surface area contributed by atoms with E-state index < -0.39 is 143 Å². The summed E-state index contributed by atoms with van der Waals surface area (Å²) < 4.78 is 134. The Bertz CT molecular complexity index is 2740. The maximum atomic E-state index is 13.3. The monoisotopic (exact) mass is 1040 g/mol. The number of nitrogens with two attached hydrogens (primary N) is 1. The lowest BCUT2D eigenvalue weighted by atomic mass is 10.1. The molecule has 0 spiro atoms. The predicted octanol–water partition coefficient (Wildman–Crippen LogP) is 8.71. The minimum absolute atomic E-state index is 0.0187. The molecule has 0 amide bonds. The number of anilines is 1. The lowest BCUT2D eigenvalue weighted by Crippen LogP contribution is -2.25. The minimum Gasteiger partial charge on any atom is -0.481 e. The van der Waals surface area contributed by atoms with Crippen LogP contribution in [0.3, 0.4) is 0 Å². The van der Waals surface area contributed by atoms with Crippen molar-refractivity contribution in [2.75, 3.05) is 12.3 Å². The third-order valence-corrected chi connectivity index (χ3v) is 7.92. The van der Waals surface area contributed by atoms with Crippen LogP contribution in [0.15, 0.2) is 66.7 Å². The number of rotatable bonds is 12. The van der Waals surface area contributed by atoms with Gasteiger partial charge in [-0.15, -0.1) is 0 Å². The van der Waals surface area contributed by atoms with Gasteiger partial charge in [-0.1, -0.05) is 6.07 Å². The molecule has 0 aromatic heterocycles. The van der Waals surface area contributed by atoms with E-state index >= 15 is 0 Å². The van der Waals surface area contributed by atoms with Crippen LogP contribution < -0.4 is 5.73 Å². The SMILES string of the molecule is CC(C)(C)OC(=O)Cc1cc(F)c([N+](=O)[O-])c(F)c1.Nc1c(F)cc(CC(=O)O)cc1F.O=C(O)Cc1cc(F)c([N+](=O)[O-])c(F)c1.O=[N+]([O-])c1c(F)cc(CCO)cc1F.O=[N+]([O-])c1c(F)cccc1F. The number of nitrogens with zero attached hydrogens (tertiary/aromatic N) is 4. The molecule has 0 unspecified atom stereocenters. The number of nitrogen functional groups attached to an aromatic ring is 1. The van der Waals surface area contributed by atoms with Crippen LogP contribution in [0, 0.1) is 98.6 Å². The maximum absolute atomic E-state index is 13.3. The van der Waals surface area contributed by atoms with E-state index in [-0.39, 0.29) is 41.7 Å². The summed E-state index contributed by atoms with van der Waals surface area (Å²) in [4.78, 5) is 68.1. The van der Waals surface area contributed by atoms with E-state index in [1.54, 1.807) is 20.8 Å². The number of esters is 1. The number of aliphatic hydroxyl groups is 1. The highest BCUT2D eigenvalue weighted by molar-refractivity contribution is 5.73. The maximum Gasteiger partial charge on any atom is 0.340 e. The van der Waals surface area contributed by atoms with Crippen LogP contribution in [0.4, 0.5) is 72.3 Å². The Labute approximate surface area is 396 Å². The molecule has 0 saturated heterocycles. The highest BCUT2D eigenvalue weighted by atomic mass is 19.2. The first kappa shape index (κ1) is 61.2. The number of nitro benzene ring substituents is 4. The van der Waals surface area contributed by atoms with Gasteiger partial charge in [0.05, 0.1) is 39.0 Å². The molecule has 0 atom stereocenters. The molecule has 5 N–H and O–H groups in total. The van der Waals surface area contributed by atoms with Crippen LogP contribution in [0.2, 0.25) is 0 Å². The number of aliphatic carboxylic acids is 2. The van der Waals surface area contributed by atoms with Crippen molar-refractivity contribution in [2.45, 2.75) is 52.1 Å². The Balaban J connectivity index is 0.000000455. The number of ether oxygens (including phenoxy) is 1. The Morgan fingerprint density at radius 2 is 0.764 bits per heavy atom. The topological polar surface area (TPSA) is 320 Å². The van der Waals surface area contributed by atoms with Crippen molar-refractivity contribution in [2.24, 2.45) is 0 Å². The number of carboxylic acid groups (broad SMARTS) is 2. The number of aliphatic hydroxyl groups excluding tert-OH is 1. The molecule has 72 heavy (non-hydrogen) atoms. The van der Waals surface area contributed by atoms with Gasteiger partial charge in [0.25, 0.3) is 0 Å². The lowest BCUT2D eigenvalue weighted by molar-refractivity contribution is -0.390. The summed E-state index contributed by atoms with van der Waals surface area (Å²) in [5, 5.41) is 65.9. The Kier molecular flexibility index (Phi) is 23.3. The van der Waals surface area contributed by atoms with Gasteiger partial charge >= 0.3 is 40.7 Å². The van der Waals surface area contributed by atoms with E-state index in [4.69, 9.17) is 25.8 Å². The van der Waals surface area contributed by atoms with Crippen molar-refractivity contribution < 1.29 is 98.0 Å². The molecule has 0 heterocycles. The lowest BCUT2D eigenvalue weighted by Gasteiger charge is -2.19. The number of carbonyl (C=O) groups excluding carboxylic acids is 1. The fourth-order valence-electron chi connectivity index (χ4n) is 5.15. The van der Waals surface area contributed by atoms with Gasteiger partial charge in [-0.2, -0.15) is 35.1 Å². The fraction of sp³-hybridized carbons (Fsp3) is 0.214. The zero-order chi connectivity index (χ0) is 55.5. The van der Waals surface area contributed by atoms with Crippen LogP contribution in [0.1, 0.15) is 43.0 Å². The molecular formula is C42H35F10N5O15. The molecule has 0 fully saturated rings. The molecule has 0 bridgehead atoms. The highest BCUT2D eigenvalue weighted by Crippen LogP contribution is 2.26. The average molecular weight is 1040 g/mol. The van der Waals surface area contributed by atoms with Gasteiger partial charge in [-0.05, 0) is 110 Å². The van der Waals surface area contributed by atoms with E-state index in [0.29, 0.717) is 12.1 Å².